The van der Waals surface area contributed by atoms with Crippen LogP contribution in [0.4, 0.5) is 0 Å². The van der Waals surface area contributed by atoms with E-state index in [0.29, 0.717) is 26.6 Å². The number of halogens is 2. The van der Waals surface area contributed by atoms with Crippen LogP contribution in [0.15, 0.2) is 30.6 Å². The summed E-state index contributed by atoms with van der Waals surface area (Å²) < 4.78 is 10.4. The second-order valence-corrected chi connectivity index (χ2v) is 5.18. The highest BCUT2D eigenvalue weighted by Crippen LogP contribution is 2.40. The zero-order valence-electron chi connectivity index (χ0n) is 11.8. The fourth-order valence-electron chi connectivity index (χ4n) is 2.16. The summed E-state index contributed by atoms with van der Waals surface area (Å²) in [7, 11) is 3.00. The fourth-order valence-corrected chi connectivity index (χ4v) is 2.61. The first-order valence-electron chi connectivity index (χ1n) is 6.33. The van der Waals surface area contributed by atoms with E-state index >= 15 is 0 Å². The van der Waals surface area contributed by atoms with E-state index in [2.05, 4.69) is 15.0 Å². The van der Waals surface area contributed by atoms with Gasteiger partial charge >= 0.3 is 0 Å². The van der Waals surface area contributed by atoms with Crippen molar-refractivity contribution < 1.29 is 9.47 Å². The molecule has 2 aromatic heterocycles. The number of ether oxygens (including phenoxy) is 2. The van der Waals surface area contributed by atoms with E-state index in [1.165, 1.54) is 14.2 Å². The highest BCUT2D eigenvalue weighted by atomic mass is 35.5. The maximum atomic E-state index is 6.38. The minimum Gasteiger partial charge on any atom is -0.477 e. The molecule has 0 atom stereocenters. The van der Waals surface area contributed by atoms with Gasteiger partial charge in [0, 0.05) is 18.0 Å². The molecule has 0 N–H and O–H groups in total. The summed E-state index contributed by atoms with van der Waals surface area (Å²) >= 11 is 12.6. The van der Waals surface area contributed by atoms with Crippen molar-refractivity contribution in [1.82, 2.24) is 15.0 Å². The first kappa shape index (κ1) is 14.8. The number of rotatable bonds is 3. The molecule has 1 aromatic carbocycles. The summed E-state index contributed by atoms with van der Waals surface area (Å²) in [6.07, 6.45) is 3.35. The van der Waals surface area contributed by atoms with Crippen LogP contribution in [0.25, 0.3) is 22.2 Å². The molecule has 112 valence electrons. The van der Waals surface area contributed by atoms with Crippen molar-refractivity contribution >= 4 is 34.2 Å². The summed E-state index contributed by atoms with van der Waals surface area (Å²) in [5.74, 6) is 0.567. The number of hydrogen-bond acceptors (Lipinski definition) is 5. The largest absolute Gasteiger partial charge is 0.477 e. The number of fused-ring (bicyclic) bond motifs is 1. The van der Waals surface area contributed by atoms with Crippen LogP contribution < -0.4 is 9.47 Å². The lowest BCUT2D eigenvalue weighted by molar-refractivity contribution is 0.334. The zero-order valence-corrected chi connectivity index (χ0v) is 13.3. The van der Waals surface area contributed by atoms with Crippen molar-refractivity contribution in [2.24, 2.45) is 0 Å². The smallest absolute Gasteiger partial charge is 0.278 e. The van der Waals surface area contributed by atoms with Gasteiger partial charge in [0.05, 0.1) is 29.8 Å². The molecule has 0 aliphatic carbocycles. The van der Waals surface area contributed by atoms with E-state index in [4.69, 9.17) is 32.7 Å². The molecule has 0 saturated carbocycles. The van der Waals surface area contributed by atoms with Gasteiger partial charge in [-0.2, -0.15) is 0 Å². The number of methoxy groups -OCH3 is 2. The molecule has 2 heterocycles. The van der Waals surface area contributed by atoms with Crippen LogP contribution in [0.3, 0.4) is 0 Å². The van der Waals surface area contributed by atoms with Gasteiger partial charge in [-0.25, -0.2) is 9.97 Å². The van der Waals surface area contributed by atoms with E-state index in [-0.39, 0.29) is 11.8 Å². The van der Waals surface area contributed by atoms with Crippen LogP contribution in [-0.2, 0) is 0 Å². The average Bonchev–Trinajstić information content (AvgIpc) is 2.55. The fraction of sp³-hybridized carbons (Fsp3) is 0.133. The Morgan fingerprint density at radius 3 is 2.23 bits per heavy atom. The lowest BCUT2D eigenvalue weighted by Gasteiger charge is -2.12. The number of pyridine rings is 1. The first-order chi connectivity index (χ1) is 10.7. The summed E-state index contributed by atoms with van der Waals surface area (Å²) in [6, 6.07) is 5.31. The van der Waals surface area contributed by atoms with E-state index in [1.807, 2.05) is 12.1 Å². The van der Waals surface area contributed by atoms with Crippen LogP contribution >= 0.6 is 23.2 Å². The third-order valence-corrected chi connectivity index (χ3v) is 3.93. The average molecular weight is 336 g/mol. The molecule has 0 aliphatic heterocycles. The summed E-state index contributed by atoms with van der Waals surface area (Å²) in [5, 5.41) is 0.796. The van der Waals surface area contributed by atoms with Crippen molar-refractivity contribution in [2.75, 3.05) is 14.2 Å². The molecule has 0 bridgehead atoms. The maximum absolute atomic E-state index is 6.38. The number of nitrogens with zero attached hydrogens (tertiary/aromatic N) is 3. The molecule has 0 spiro atoms. The Morgan fingerprint density at radius 1 is 0.955 bits per heavy atom. The molecule has 0 radical (unpaired) electrons. The first-order valence-corrected chi connectivity index (χ1v) is 7.09. The van der Waals surface area contributed by atoms with Crippen LogP contribution in [0, 0.1) is 0 Å². The lowest BCUT2D eigenvalue weighted by atomic mass is 10.0. The molecule has 3 rings (SSSR count). The van der Waals surface area contributed by atoms with Crippen molar-refractivity contribution in [1.29, 1.82) is 0 Å². The molecule has 0 aliphatic rings. The summed E-state index contributed by atoms with van der Waals surface area (Å²) in [5.41, 5.74) is 2.67. The number of benzene rings is 1. The predicted molar refractivity (Wildman–Crippen MR) is 85.9 cm³/mol. The molecule has 7 heteroatoms. The molecule has 5 nitrogen and oxygen atoms in total. The van der Waals surface area contributed by atoms with Gasteiger partial charge < -0.3 is 9.47 Å². The standard InChI is InChI=1S/C15H11Cl2N3O2/c1-21-14-15(22-2)20-13-10(19-14)7-9(16)12(17)11(13)8-3-5-18-6-4-8/h3-7H,1-2H3. The van der Waals surface area contributed by atoms with Gasteiger partial charge in [-0.3, -0.25) is 4.98 Å². The van der Waals surface area contributed by atoms with E-state index in [0.717, 1.165) is 5.56 Å². The Morgan fingerprint density at radius 2 is 1.59 bits per heavy atom. The monoisotopic (exact) mass is 335 g/mol. The molecule has 0 unspecified atom stereocenters. The molecule has 0 amide bonds. The topological polar surface area (TPSA) is 57.1 Å². The normalized spacial score (nSPS) is 10.7. The second-order valence-electron chi connectivity index (χ2n) is 4.39. The molecular formula is C15H11Cl2N3O2. The summed E-state index contributed by atoms with van der Waals surface area (Å²) in [6.45, 7) is 0. The number of aromatic nitrogens is 3. The van der Waals surface area contributed by atoms with Gasteiger partial charge in [0.25, 0.3) is 11.8 Å². The van der Waals surface area contributed by atoms with Gasteiger partial charge in [0.2, 0.25) is 0 Å². The third kappa shape index (κ3) is 2.42. The van der Waals surface area contributed by atoms with E-state index < -0.39 is 0 Å². The SMILES string of the molecule is COc1nc2cc(Cl)c(Cl)c(-c3ccncc3)c2nc1OC. The predicted octanol–water partition coefficient (Wildman–Crippen LogP) is 4.02. The van der Waals surface area contributed by atoms with Crippen LogP contribution in [0.2, 0.25) is 10.0 Å². The van der Waals surface area contributed by atoms with Gasteiger partial charge in [-0.15, -0.1) is 0 Å². The lowest BCUT2D eigenvalue weighted by Crippen LogP contribution is -1.99. The van der Waals surface area contributed by atoms with Crippen molar-refractivity contribution in [3.63, 3.8) is 0 Å². The van der Waals surface area contributed by atoms with Crippen LogP contribution in [-0.4, -0.2) is 29.2 Å². The molecule has 22 heavy (non-hydrogen) atoms. The quantitative estimate of drug-likeness (QED) is 0.723. The van der Waals surface area contributed by atoms with E-state index in [1.54, 1.807) is 18.5 Å². The highest BCUT2D eigenvalue weighted by molar-refractivity contribution is 6.45. The highest BCUT2D eigenvalue weighted by Gasteiger charge is 2.18. The van der Waals surface area contributed by atoms with E-state index in [9.17, 15) is 0 Å². The second kappa shape index (κ2) is 5.94. The molecule has 3 aromatic rings. The minimum atomic E-state index is 0.281. The Balaban J connectivity index is 2.41. The zero-order chi connectivity index (χ0) is 15.7. The number of hydrogen-bond donors (Lipinski definition) is 0. The Labute approximate surface area is 136 Å². The Kier molecular flexibility index (Phi) is 4.00. The Hall–Kier alpha value is -2.11. The van der Waals surface area contributed by atoms with Gasteiger partial charge in [-0.05, 0) is 23.8 Å². The Bertz CT molecular complexity index is 841. The van der Waals surface area contributed by atoms with Crippen molar-refractivity contribution in [2.45, 2.75) is 0 Å². The van der Waals surface area contributed by atoms with Crippen molar-refractivity contribution in [3.8, 4) is 22.9 Å². The third-order valence-electron chi connectivity index (χ3n) is 3.15. The molecule has 0 fully saturated rings. The molecular weight excluding hydrogens is 325 g/mol. The van der Waals surface area contributed by atoms with Crippen LogP contribution in [0.5, 0.6) is 11.8 Å². The van der Waals surface area contributed by atoms with Crippen LogP contribution in [0.1, 0.15) is 0 Å². The summed E-state index contributed by atoms with van der Waals surface area (Å²) in [4.78, 5) is 12.9. The van der Waals surface area contributed by atoms with Gasteiger partial charge in [-0.1, -0.05) is 23.2 Å². The van der Waals surface area contributed by atoms with Gasteiger partial charge in [0.15, 0.2) is 0 Å². The minimum absolute atomic E-state index is 0.281. The van der Waals surface area contributed by atoms with Crippen molar-refractivity contribution in [3.05, 3.63) is 40.6 Å². The van der Waals surface area contributed by atoms with Gasteiger partial charge in [0.1, 0.15) is 5.52 Å². The maximum Gasteiger partial charge on any atom is 0.278 e. The molecule has 0 saturated heterocycles.